The van der Waals surface area contributed by atoms with Crippen molar-refractivity contribution in [1.29, 1.82) is 1.43 Å². The minimum atomic E-state index is 0.111. The first-order valence-electron chi connectivity index (χ1n) is 2.66. The van der Waals surface area contributed by atoms with Gasteiger partial charge in [0.25, 0.3) is 1.43 Å². The third kappa shape index (κ3) is 0.904. The van der Waals surface area contributed by atoms with Gasteiger partial charge in [0.2, 0.25) is 0 Å². The van der Waals surface area contributed by atoms with Crippen LogP contribution in [0.5, 0.6) is 11.5 Å². The molecule has 0 amide bonds. The van der Waals surface area contributed by atoms with E-state index in [0.717, 1.165) is 0 Å². The summed E-state index contributed by atoms with van der Waals surface area (Å²) in [6.07, 6.45) is 0. The van der Waals surface area contributed by atoms with Gasteiger partial charge < -0.3 is 10.2 Å². The summed E-state index contributed by atoms with van der Waals surface area (Å²) in [4.78, 5) is 0. The standard InChI is InChI=1S/C6H6O2/c7-5-2-1-3-6(8)4-5/h1-4,7-8H/i/hT. The third-order valence-corrected chi connectivity index (χ3v) is 0.818. The van der Waals surface area contributed by atoms with Crippen LogP contribution in [0.25, 0.3) is 0 Å². The van der Waals surface area contributed by atoms with Gasteiger partial charge in [0.1, 0.15) is 11.5 Å². The van der Waals surface area contributed by atoms with Crippen molar-refractivity contribution < 1.29 is 10.2 Å². The molecule has 0 heterocycles. The number of phenolic OH excluding ortho intramolecular Hbond substituents is 2. The molecule has 0 aliphatic carbocycles. The molecule has 0 aromatic heterocycles. The molecule has 1 rings (SSSR count). The number of aromatic hydroxyl groups is 2. The van der Waals surface area contributed by atoms with Gasteiger partial charge in [-0.05, 0) is 12.1 Å². The maximum Gasteiger partial charge on any atom is 0.293 e. The van der Waals surface area contributed by atoms with Crippen LogP contribution in [-0.4, -0.2) is 11.6 Å². The van der Waals surface area contributed by atoms with Gasteiger partial charge in [-0.2, -0.15) is 0 Å². The lowest BCUT2D eigenvalue weighted by atomic mass is 10.3. The minimum absolute atomic E-state index is 0.111. The predicted octanol–water partition coefficient (Wildman–Crippen LogP) is 1.10. The van der Waals surface area contributed by atoms with Crippen molar-refractivity contribution in [2.24, 2.45) is 0 Å². The lowest BCUT2D eigenvalue weighted by Crippen LogP contribution is -1.61. The Hall–Kier alpha value is -1.18. The fraction of sp³-hybridized carbons (Fsp3) is 0. The van der Waals surface area contributed by atoms with Gasteiger partial charge in [-0.3, -0.25) is 0 Å². The molecule has 0 fully saturated rings. The van der Waals surface area contributed by atoms with E-state index in [9.17, 15) is 0 Å². The van der Waals surface area contributed by atoms with Crippen molar-refractivity contribution in [3.05, 3.63) is 24.3 Å². The fourth-order valence-corrected chi connectivity index (χ4v) is 0.484. The van der Waals surface area contributed by atoms with Crippen LogP contribution >= 0.6 is 0 Å². The van der Waals surface area contributed by atoms with Crippen LogP contribution in [0.15, 0.2) is 24.3 Å². The second kappa shape index (κ2) is 1.74. The Kier molecular flexibility index (Phi) is 0.821. The highest BCUT2D eigenvalue weighted by Crippen LogP contribution is 2.14. The molecule has 2 N–H and O–H groups in total. The summed E-state index contributed by atoms with van der Waals surface area (Å²) in [5, 5.41) is 12.9. The smallest absolute Gasteiger partial charge is 0.293 e. The molecule has 0 unspecified atom stereocenters. The van der Waals surface area contributed by atoms with E-state index in [1.54, 1.807) is 12.1 Å². The molecular formula is C6H6O2. The first-order valence-corrected chi connectivity index (χ1v) is 2.25. The molecule has 0 aliphatic rings. The Balaban J connectivity index is 2.94. The minimum Gasteiger partial charge on any atom is -0.508 e. The average Bonchev–Trinajstić information content (AvgIpc) is 1.88. The van der Waals surface area contributed by atoms with E-state index in [1.165, 1.54) is 12.1 Å². The Labute approximate surface area is 48.5 Å². The van der Waals surface area contributed by atoms with Crippen LogP contribution < -0.4 is 0 Å². The SMILES string of the molecule is [3H]Oc1cccc(O)c1. The number of rotatable bonds is 1. The summed E-state index contributed by atoms with van der Waals surface area (Å²) in [5.74, 6) is 0.453. The Morgan fingerprint density at radius 2 is 2.12 bits per heavy atom. The third-order valence-electron chi connectivity index (χ3n) is 0.818. The molecule has 1 aromatic carbocycles. The van der Waals surface area contributed by atoms with Crippen molar-refractivity contribution in [3.63, 3.8) is 0 Å². The number of phenols is 2. The van der Waals surface area contributed by atoms with Crippen LogP contribution in [0, 0.1) is 0 Å². The Morgan fingerprint density at radius 1 is 1.38 bits per heavy atom. The number of hydrogen-bond acceptors (Lipinski definition) is 2. The van der Waals surface area contributed by atoms with Crippen molar-refractivity contribution in [3.8, 4) is 11.5 Å². The second-order valence-electron chi connectivity index (χ2n) is 1.50. The summed E-state index contributed by atoms with van der Waals surface area (Å²) < 4.78 is 6.43. The monoisotopic (exact) mass is 112 g/mol. The summed E-state index contributed by atoms with van der Waals surface area (Å²) in [6.45, 7) is 0. The van der Waals surface area contributed by atoms with Gasteiger partial charge in [0.05, 0.1) is 0 Å². The van der Waals surface area contributed by atoms with E-state index in [-0.39, 0.29) is 5.75 Å². The Bertz CT molecular complexity index is 200. The van der Waals surface area contributed by atoms with E-state index in [4.69, 9.17) is 6.54 Å². The molecule has 0 radical (unpaired) electrons. The van der Waals surface area contributed by atoms with E-state index in [2.05, 4.69) is 5.11 Å². The molecule has 1 aromatic rings. The summed E-state index contributed by atoms with van der Waals surface area (Å²) in [5.41, 5.74) is 0. The van der Waals surface area contributed by atoms with E-state index in [0.29, 0.717) is 5.75 Å². The average molecular weight is 112 g/mol. The van der Waals surface area contributed by atoms with Crippen molar-refractivity contribution in [2.75, 3.05) is 0 Å². The van der Waals surface area contributed by atoms with E-state index in [1.807, 2.05) is 0 Å². The highest BCUT2D eigenvalue weighted by molar-refractivity contribution is 5.30. The molecule has 0 saturated carbocycles. The number of benzene rings is 1. The summed E-state index contributed by atoms with van der Waals surface area (Å²) in [7, 11) is 0. The molecule has 0 bridgehead atoms. The zero-order chi connectivity index (χ0) is 6.69. The van der Waals surface area contributed by atoms with E-state index < -0.39 is 0 Å². The molecule has 8 heavy (non-hydrogen) atoms. The second-order valence-corrected chi connectivity index (χ2v) is 1.50. The van der Waals surface area contributed by atoms with Crippen molar-refractivity contribution >= 4 is 0 Å². The molecule has 0 saturated heterocycles. The van der Waals surface area contributed by atoms with Crippen LogP contribution in [-0.2, 0) is 0 Å². The highest BCUT2D eigenvalue weighted by Gasteiger charge is 1.85. The van der Waals surface area contributed by atoms with Crippen LogP contribution in [0.3, 0.4) is 0 Å². The van der Waals surface area contributed by atoms with E-state index >= 15 is 0 Å². The summed E-state index contributed by atoms with van der Waals surface area (Å²) in [6, 6.07) is 6.08. The van der Waals surface area contributed by atoms with Crippen LogP contribution in [0.1, 0.15) is 0 Å². The van der Waals surface area contributed by atoms with Crippen LogP contribution in [0.2, 0.25) is 0 Å². The normalized spacial score (nSPS) is 10.2. The maximum absolute atomic E-state index is 8.78. The maximum atomic E-state index is 8.78. The van der Waals surface area contributed by atoms with Crippen molar-refractivity contribution in [1.82, 2.24) is 0 Å². The largest absolute Gasteiger partial charge is 0.508 e. The van der Waals surface area contributed by atoms with Crippen molar-refractivity contribution in [2.45, 2.75) is 0 Å². The Morgan fingerprint density at radius 3 is 2.62 bits per heavy atom. The highest BCUT2D eigenvalue weighted by atomic mass is 16.3. The first-order chi connectivity index (χ1) is 4.33. The van der Waals surface area contributed by atoms with Gasteiger partial charge >= 0.3 is 0 Å². The molecule has 0 spiro atoms. The van der Waals surface area contributed by atoms with Gasteiger partial charge in [0, 0.05) is 6.07 Å². The quantitative estimate of drug-likeness (QED) is 0.571. The van der Waals surface area contributed by atoms with Gasteiger partial charge in [-0.25, -0.2) is 0 Å². The number of hydrogen-bond donors (Lipinski definition) is 2. The molecular weight excluding hydrogens is 104 g/mol. The lowest BCUT2D eigenvalue weighted by molar-refractivity contribution is 0.450. The van der Waals surface area contributed by atoms with Crippen LogP contribution in [0.4, 0.5) is 0 Å². The molecule has 0 atom stereocenters. The summed E-state index contributed by atoms with van der Waals surface area (Å²) >= 11 is 0. The van der Waals surface area contributed by atoms with Gasteiger partial charge in [-0.1, -0.05) is 6.07 Å². The lowest BCUT2D eigenvalue weighted by Gasteiger charge is -1.89. The molecule has 0 aliphatic heterocycles. The zero-order valence-corrected chi connectivity index (χ0v) is 4.16. The topological polar surface area (TPSA) is 40.5 Å². The predicted molar refractivity (Wildman–Crippen MR) is 29.8 cm³/mol. The van der Waals surface area contributed by atoms with Gasteiger partial charge in [-0.15, -0.1) is 0 Å². The zero-order valence-electron chi connectivity index (χ0n) is 5.16. The fourth-order valence-electron chi connectivity index (χ4n) is 0.484. The molecule has 42 valence electrons. The molecule has 2 nitrogen and oxygen atoms in total. The first kappa shape index (κ1) is 3.78. The van der Waals surface area contributed by atoms with Gasteiger partial charge in [0.15, 0.2) is 0 Å². The molecule has 2 heteroatoms.